The fourth-order valence-electron chi connectivity index (χ4n) is 4.18. The molecule has 8 nitrogen and oxygen atoms in total. The van der Waals surface area contributed by atoms with E-state index in [2.05, 4.69) is 15.6 Å². The van der Waals surface area contributed by atoms with Crippen LogP contribution in [0.15, 0.2) is 59.6 Å². The average molecular weight is 517 g/mol. The third kappa shape index (κ3) is 6.04. The van der Waals surface area contributed by atoms with E-state index in [0.717, 1.165) is 16.6 Å². The third-order valence-corrected chi connectivity index (χ3v) is 8.19. The number of anilines is 1. The number of hydrogen-bond donors (Lipinski definition) is 2. The Labute approximate surface area is 210 Å². The van der Waals surface area contributed by atoms with Crippen molar-refractivity contribution in [3.05, 3.63) is 59.8 Å². The number of aromatic nitrogens is 1. The zero-order valence-corrected chi connectivity index (χ0v) is 21.1. The van der Waals surface area contributed by atoms with Crippen LogP contribution in [-0.2, 0) is 14.8 Å². The van der Waals surface area contributed by atoms with Gasteiger partial charge in [-0.3, -0.25) is 9.78 Å². The highest BCUT2D eigenvalue weighted by atomic mass is 35.5. The Bertz CT molecular complexity index is 1280. The van der Waals surface area contributed by atoms with E-state index in [1.54, 1.807) is 30.5 Å². The van der Waals surface area contributed by atoms with Crippen LogP contribution < -0.4 is 15.4 Å². The minimum Gasteiger partial charge on any atom is -0.494 e. The van der Waals surface area contributed by atoms with Crippen LogP contribution in [0.1, 0.15) is 19.8 Å². The quantitative estimate of drug-likeness (QED) is 0.418. The molecule has 1 aromatic heterocycles. The second kappa shape index (κ2) is 11.2. The van der Waals surface area contributed by atoms with Gasteiger partial charge in [-0.1, -0.05) is 11.6 Å². The summed E-state index contributed by atoms with van der Waals surface area (Å²) in [5.74, 6) is 0.389. The maximum Gasteiger partial charge on any atom is 0.243 e. The Morgan fingerprint density at radius 3 is 2.57 bits per heavy atom. The summed E-state index contributed by atoms with van der Waals surface area (Å²) in [5, 5.41) is 7.89. The van der Waals surface area contributed by atoms with Crippen molar-refractivity contribution in [3.8, 4) is 5.75 Å². The molecule has 1 aliphatic heterocycles. The van der Waals surface area contributed by atoms with E-state index in [1.165, 1.54) is 4.31 Å². The summed E-state index contributed by atoms with van der Waals surface area (Å²) >= 11 is 6.04. The van der Waals surface area contributed by atoms with Crippen LogP contribution in [0, 0.1) is 5.92 Å². The summed E-state index contributed by atoms with van der Waals surface area (Å²) in [7, 11) is -3.59. The smallest absolute Gasteiger partial charge is 0.243 e. The van der Waals surface area contributed by atoms with Crippen molar-refractivity contribution in [1.82, 2.24) is 14.6 Å². The molecule has 1 amide bonds. The first-order chi connectivity index (χ1) is 16.9. The summed E-state index contributed by atoms with van der Waals surface area (Å²) in [6.45, 7) is 4.04. The third-order valence-electron chi connectivity index (χ3n) is 6.04. The molecule has 10 heteroatoms. The summed E-state index contributed by atoms with van der Waals surface area (Å²) in [6.07, 6.45) is 2.70. The number of nitrogens with one attached hydrogen (secondary N) is 2. The molecule has 0 aliphatic carbocycles. The predicted molar refractivity (Wildman–Crippen MR) is 137 cm³/mol. The zero-order valence-electron chi connectivity index (χ0n) is 19.5. The maximum absolute atomic E-state index is 13.0. The number of piperidine rings is 1. The molecule has 1 saturated heterocycles. The fraction of sp³-hybridized carbons (Fsp3) is 0.360. The van der Waals surface area contributed by atoms with Gasteiger partial charge in [-0.2, -0.15) is 4.31 Å². The molecule has 2 heterocycles. The number of fused-ring (bicyclic) bond motifs is 1. The summed E-state index contributed by atoms with van der Waals surface area (Å²) < 4.78 is 32.7. The van der Waals surface area contributed by atoms with Crippen LogP contribution in [0.4, 0.5) is 5.69 Å². The molecule has 0 unspecified atom stereocenters. The monoisotopic (exact) mass is 516 g/mol. The Morgan fingerprint density at radius 1 is 1.11 bits per heavy atom. The molecule has 0 radical (unpaired) electrons. The number of carbonyl (C=O) groups excluding carboxylic acids is 1. The van der Waals surface area contributed by atoms with E-state index in [9.17, 15) is 13.2 Å². The normalized spacial score (nSPS) is 15.1. The number of carbonyl (C=O) groups is 1. The van der Waals surface area contributed by atoms with Gasteiger partial charge in [-0.15, -0.1) is 0 Å². The van der Waals surface area contributed by atoms with Crippen LogP contribution >= 0.6 is 11.6 Å². The van der Waals surface area contributed by atoms with Crippen molar-refractivity contribution in [2.24, 2.45) is 5.92 Å². The molecule has 0 spiro atoms. The average Bonchev–Trinajstić information content (AvgIpc) is 2.87. The molecule has 35 heavy (non-hydrogen) atoms. The van der Waals surface area contributed by atoms with Crippen molar-refractivity contribution in [2.75, 3.05) is 38.1 Å². The molecule has 4 rings (SSSR count). The minimum atomic E-state index is -3.59. The lowest BCUT2D eigenvalue weighted by Gasteiger charge is -2.30. The summed E-state index contributed by atoms with van der Waals surface area (Å²) in [4.78, 5) is 17.2. The van der Waals surface area contributed by atoms with Crippen molar-refractivity contribution < 1.29 is 17.9 Å². The molecular weight excluding hydrogens is 488 g/mol. The Kier molecular flexibility index (Phi) is 8.10. The lowest BCUT2D eigenvalue weighted by atomic mass is 9.97. The Hall–Kier alpha value is -2.88. The van der Waals surface area contributed by atoms with E-state index >= 15 is 0 Å². The molecule has 2 N–H and O–H groups in total. The van der Waals surface area contributed by atoms with Gasteiger partial charge in [-0.25, -0.2) is 8.42 Å². The number of nitrogens with zero attached hydrogens (tertiary/aromatic N) is 2. The molecule has 1 fully saturated rings. The van der Waals surface area contributed by atoms with Gasteiger partial charge in [0, 0.05) is 54.4 Å². The summed E-state index contributed by atoms with van der Waals surface area (Å²) in [5.41, 5.74) is 1.73. The standard InChI is InChI=1S/C25H29ClN4O4S/c1-2-34-20-4-6-21(7-5-20)35(32,33)30-15-10-18(11-16-30)25(31)29-14-13-28-23-9-12-27-24-17-19(26)3-8-22(23)24/h3-9,12,17-18H,2,10-11,13-16H2,1H3,(H,27,28)(H,29,31). The van der Waals surface area contributed by atoms with Crippen LogP contribution in [0.25, 0.3) is 10.9 Å². The van der Waals surface area contributed by atoms with Gasteiger partial charge in [0.1, 0.15) is 5.75 Å². The van der Waals surface area contributed by atoms with Crippen molar-refractivity contribution in [1.29, 1.82) is 0 Å². The van der Waals surface area contributed by atoms with Gasteiger partial charge in [0.2, 0.25) is 15.9 Å². The highest BCUT2D eigenvalue weighted by molar-refractivity contribution is 7.89. The van der Waals surface area contributed by atoms with E-state index in [4.69, 9.17) is 16.3 Å². The summed E-state index contributed by atoms with van der Waals surface area (Å²) in [6, 6.07) is 13.9. The van der Waals surface area contributed by atoms with Gasteiger partial charge < -0.3 is 15.4 Å². The number of halogens is 1. The van der Waals surface area contributed by atoms with E-state index in [-0.39, 0.29) is 16.7 Å². The number of pyridine rings is 1. The van der Waals surface area contributed by atoms with Gasteiger partial charge in [0.05, 0.1) is 17.0 Å². The Morgan fingerprint density at radius 2 is 1.86 bits per heavy atom. The molecule has 0 bridgehead atoms. The fourth-order valence-corrected chi connectivity index (χ4v) is 5.82. The number of ether oxygens (including phenoxy) is 1. The predicted octanol–water partition coefficient (Wildman–Crippen LogP) is 3.92. The molecule has 1 aliphatic rings. The molecule has 186 valence electrons. The van der Waals surface area contributed by atoms with Crippen molar-refractivity contribution >= 4 is 44.1 Å². The lowest BCUT2D eigenvalue weighted by Crippen LogP contribution is -2.43. The molecule has 0 atom stereocenters. The van der Waals surface area contributed by atoms with E-state index in [0.29, 0.717) is 56.4 Å². The van der Waals surface area contributed by atoms with Gasteiger partial charge in [-0.05, 0) is 68.3 Å². The topological polar surface area (TPSA) is 101 Å². The number of rotatable bonds is 9. The maximum atomic E-state index is 13.0. The molecule has 3 aromatic rings. The second-order valence-corrected chi connectivity index (χ2v) is 10.7. The molecule has 0 saturated carbocycles. The number of hydrogen-bond acceptors (Lipinski definition) is 6. The number of sulfonamides is 1. The SMILES string of the molecule is CCOc1ccc(S(=O)(=O)N2CCC(C(=O)NCCNc3ccnc4cc(Cl)ccc34)CC2)cc1. The number of amides is 1. The first-order valence-electron chi connectivity index (χ1n) is 11.7. The second-order valence-electron chi connectivity index (χ2n) is 8.32. The van der Waals surface area contributed by atoms with E-state index < -0.39 is 10.0 Å². The van der Waals surface area contributed by atoms with E-state index in [1.807, 2.05) is 31.2 Å². The molecular formula is C25H29ClN4O4S. The zero-order chi connectivity index (χ0) is 24.8. The lowest BCUT2D eigenvalue weighted by molar-refractivity contribution is -0.126. The van der Waals surface area contributed by atoms with Crippen LogP contribution in [-0.4, -0.2) is 56.4 Å². The van der Waals surface area contributed by atoms with Gasteiger partial charge in [0.25, 0.3) is 0 Å². The van der Waals surface area contributed by atoms with Crippen LogP contribution in [0.5, 0.6) is 5.75 Å². The number of benzene rings is 2. The highest BCUT2D eigenvalue weighted by Crippen LogP contribution is 2.26. The largest absolute Gasteiger partial charge is 0.494 e. The van der Waals surface area contributed by atoms with Crippen LogP contribution in [0.3, 0.4) is 0 Å². The minimum absolute atomic E-state index is 0.0451. The highest BCUT2D eigenvalue weighted by Gasteiger charge is 2.32. The van der Waals surface area contributed by atoms with Crippen molar-refractivity contribution in [3.63, 3.8) is 0 Å². The first kappa shape index (κ1) is 25.2. The molecule has 2 aromatic carbocycles. The van der Waals surface area contributed by atoms with Crippen LogP contribution in [0.2, 0.25) is 5.02 Å². The van der Waals surface area contributed by atoms with Gasteiger partial charge in [0.15, 0.2) is 0 Å². The van der Waals surface area contributed by atoms with Crippen molar-refractivity contribution in [2.45, 2.75) is 24.7 Å². The Balaban J connectivity index is 1.24. The van der Waals surface area contributed by atoms with Gasteiger partial charge >= 0.3 is 0 Å². The first-order valence-corrected chi connectivity index (χ1v) is 13.5.